The Morgan fingerprint density at radius 1 is 0.821 bits per heavy atom. The van der Waals surface area contributed by atoms with Gasteiger partial charge < -0.3 is 40.4 Å². The first-order valence-corrected chi connectivity index (χ1v) is 15.3. The summed E-state index contributed by atoms with van der Waals surface area (Å²) in [6.45, 7) is 1.32. The molecule has 23 heteroatoms. The maximum absolute atomic E-state index is 12.1. The first-order chi connectivity index (χ1) is 25.4. The van der Waals surface area contributed by atoms with E-state index in [9.17, 15) is 35.9 Å². The molecule has 0 bridgehead atoms. The average Bonchev–Trinajstić information content (AvgIpc) is 3.13. The Kier molecular flexibility index (Phi) is 33.0. The molecule has 0 atom stereocenters. The van der Waals surface area contributed by atoms with Crippen LogP contribution in [-0.4, -0.2) is 60.4 Å². The van der Waals surface area contributed by atoms with Gasteiger partial charge in [0, 0.05) is 42.3 Å². The van der Waals surface area contributed by atoms with Gasteiger partial charge in [0.05, 0.1) is 20.3 Å². The first-order valence-electron chi connectivity index (χ1n) is 14.1. The van der Waals surface area contributed by atoms with Crippen molar-refractivity contribution < 1.29 is 184 Å². The molecule has 0 saturated carbocycles. The minimum atomic E-state index is -4.76. The Hall–Kier alpha value is -2.87. The number of esters is 2. The molecule has 0 amide bonds. The molecule has 0 aliphatic carbocycles. The first kappa shape index (κ1) is 57.5. The zero-order valence-electron chi connectivity index (χ0n) is 31.1. The predicted octanol–water partition coefficient (Wildman–Crippen LogP) is 0.485. The van der Waals surface area contributed by atoms with Crippen LogP contribution in [0.15, 0.2) is 85.2 Å². The number of aromatic hydroxyl groups is 1. The number of phenols is 1. The summed E-state index contributed by atoms with van der Waals surface area (Å²) < 4.78 is 92.9. The van der Waals surface area contributed by atoms with Gasteiger partial charge in [-0.2, -0.15) is 5.26 Å². The third-order valence-corrected chi connectivity index (χ3v) is 5.78. The van der Waals surface area contributed by atoms with Gasteiger partial charge in [-0.05, 0) is 42.0 Å². The molecule has 4 aromatic rings. The number of alkyl halides is 7. The number of aromatic nitrogens is 2. The summed E-state index contributed by atoms with van der Waals surface area (Å²) >= 11 is 3.28. The molecule has 2 aromatic heterocycles. The average molecular weight is 917 g/mol. The van der Waals surface area contributed by atoms with Crippen LogP contribution in [0.5, 0.6) is 23.0 Å². The summed E-state index contributed by atoms with van der Waals surface area (Å²) in [6.07, 6.45) is -6.41. The van der Waals surface area contributed by atoms with Crippen LogP contribution in [0, 0.1) is 11.3 Å². The van der Waals surface area contributed by atoms with E-state index in [1.54, 1.807) is 24.4 Å². The SMILES string of the molecule is CC#N.COC(=O)c1ccc(CBr)cn1.COC(=O)c1ccc(COc2cccc(OC(F)(F)F)c2)cn1.O=CO[O-].Oc1cccc(OC(F)(F)F)c1.[H-].[K+].[K+]. The molecule has 0 unspecified atom stereocenters. The van der Waals surface area contributed by atoms with E-state index in [-0.39, 0.29) is 140 Å². The van der Waals surface area contributed by atoms with Gasteiger partial charge in [0.25, 0.3) is 6.47 Å². The van der Waals surface area contributed by atoms with Crippen LogP contribution < -0.4 is 122 Å². The van der Waals surface area contributed by atoms with Crippen molar-refractivity contribution in [3.05, 3.63) is 108 Å². The van der Waals surface area contributed by atoms with Gasteiger partial charge in [0.1, 0.15) is 41.0 Å². The molecule has 2 heterocycles. The Morgan fingerprint density at radius 3 is 1.59 bits per heavy atom. The molecule has 1 N–H and O–H groups in total. The number of carbonyl (C=O) groups is 3. The fourth-order valence-electron chi connectivity index (χ4n) is 3.07. The molecular formula is C33H30BrF6K2N3O11. The van der Waals surface area contributed by atoms with Crippen molar-refractivity contribution in [2.45, 2.75) is 31.6 Å². The minimum Gasteiger partial charge on any atom is -1.00 e. The van der Waals surface area contributed by atoms with E-state index in [0.29, 0.717) is 11.3 Å². The van der Waals surface area contributed by atoms with Gasteiger partial charge in [0.15, 0.2) is 0 Å². The number of hydrogen-bond acceptors (Lipinski definition) is 14. The topological polar surface area (TPSA) is 199 Å². The zero-order valence-corrected chi connectivity index (χ0v) is 37.9. The van der Waals surface area contributed by atoms with Crippen LogP contribution in [-0.2, 0) is 31.1 Å². The van der Waals surface area contributed by atoms with Crippen LogP contribution in [0.25, 0.3) is 0 Å². The van der Waals surface area contributed by atoms with Crippen molar-refractivity contribution in [1.29, 1.82) is 5.26 Å². The Morgan fingerprint density at radius 2 is 1.23 bits per heavy atom. The molecule has 0 saturated heterocycles. The number of carbonyl (C=O) groups excluding carboxylic acids is 3. The molecule has 0 fully saturated rings. The number of hydrogen-bond donors (Lipinski definition) is 1. The number of ether oxygens (including phenoxy) is 5. The minimum absolute atomic E-state index is 0. The Labute approximate surface area is 410 Å². The Balaban J connectivity index is -0.000000353. The molecule has 0 aliphatic heterocycles. The molecule has 2 aromatic carbocycles. The van der Waals surface area contributed by atoms with Gasteiger partial charge in [-0.25, -0.2) is 19.6 Å². The van der Waals surface area contributed by atoms with E-state index >= 15 is 0 Å². The van der Waals surface area contributed by atoms with Crippen molar-refractivity contribution in [1.82, 2.24) is 9.97 Å². The van der Waals surface area contributed by atoms with E-state index < -0.39 is 30.4 Å². The van der Waals surface area contributed by atoms with Gasteiger partial charge in [0.2, 0.25) is 0 Å². The third kappa shape index (κ3) is 28.5. The molecular weight excluding hydrogens is 886 g/mol. The predicted molar refractivity (Wildman–Crippen MR) is 176 cm³/mol. The van der Waals surface area contributed by atoms with E-state index in [2.05, 4.69) is 49.7 Å². The van der Waals surface area contributed by atoms with E-state index in [4.69, 9.17) is 25.2 Å². The summed E-state index contributed by atoms with van der Waals surface area (Å²) in [5.41, 5.74) is 2.15. The molecule has 0 spiro atoms. The Bertz CT molecular complexity index is 1760. The van der Waals surface area contributed by atoms with Crippen molar-refractivity contribution in [3.63, 3.8) is 0 Å². The van der Waals surface area contributed by atoms with Crippen molar-refractivity contribution in [2.24, 2.45) is 0 Å². The smallest absolute Gasteiger partial charge is 1.00 e. The van der Waals surface area contributed by atoms with Crippen LogP contribution in [0.1, 0.15) is 40.5 Å². The fourth-order valence-corrected chi connectivity index (χ4v) is 3.40. The van der Waals surface area contributed by atoms with Crippen LogP contribution in [0.3, 0.4) is 0 Å². The standard InChI is InChI=1S/C15H12F3NO4.C8H8BrNO2.C7H5F3O2.C2H3N.CH2O3.2K.H/c1-21-14(20)13-6-5-10(8-19-13)9-22-11-3-2-4-12(7-11)23-15(16,17)18;1-12-8(11)7-3-2-6(4-9)5-10-7;8-7(9,10)12-6-3-1-2-5(11)4-6;1-2-3;2-1-4-3;;;/h2-8H,9H2,1H3;2-3,5H,4H2,1H3;1-4,11H;1H3;1,3H;;;/q;;;;;2*+1;-1/p-1. The van der Waals surface area contributed by atoms with E-state index in [1.807, 2.05) is 6.07 Å². The van der Waals surface area contributed by atoms with Crippen LogP contribution in [0.2, 0.25) is 0 Å². The monoisotopic (exact) mass is 915 g/mol. The quantitative estimate of drug-likeness (QED) is 0.0463. The molecule has 0 radical (unpaired) electrons. The molecule has 294 valence electrons. The number of benzene rings is 2. The summed E-state index contributed by atoms with van der Waals surface area (Å²) in [6, 6.07) is 18.0. The zero-order chi connectivity index (χ0) is 41.2. The molecule has 14 nitrogen and oxygen atoms in total. The fraction of sp³-hybridized carbons (Fsp3) is 0.212. The number of pyridine rings is 2. The normalized spacial score (nSPS) is 9.46. The summed E-state index contributed by atoms with van der Waals surface area (Å²) in [5.74, 6) is -1.82. The molecule has 0 aliphatic rings. The van der Waals surface area contributed by atoms with Crippen molar-refractivity contribution in [2.75, 3.05) is 14.2 Å². The molecule has 4 rings (SSSR count). The maximum atomic E-state index is 12.1. The largest absolute Gasteiger partial charge is 1.00 e. The second kappa shape index (κ2) is 32.1. The summed E-state index contributed by atoms with van der Waals surface area (Å²) in [7, 11) is 2.58. The number of nitriles is 1. The van der Waals surface area contributed by atoms with Gasteiger partial charge >= 0.3 is 127 Å². The van der Waals surface area contributed by atoms with Crippen LogP contribution >= 0.6 is 15.9 Å². The number of nitrogens with zero attached hydrogens (tertiary/aromatic N) is 3. The second-order valence-corrected chi connectivity index (χ2v) is 9.55. The second-order valence-electron chi connectivity index (χ2n) is 8.99. The molecule has 56 heavy (non-hydrogen) atoms. The van der Waals surface area contributed by atoms with Crippen LogP contribution in [0.4, 0.5) is 26.3 Å². The summed E-state index contributed by atoms with van der Waals surface area (Å²) in [4.78, 5) is 41.2. The van der Waals surface area contributed by atoms with Crippen molar-refractivity contribution >= 4 is 34.3 Å². The van der Waals surface area contributed by atoms with Crippen molar-refractivity contribution in [3.8, 4) is 29.1 Å². The number of phenolic OH excluding ortho intramolecular Hbond substituents is 1. The van der Waals surface area contributed by atoms with E-state index in [1.165, 1.54) is 63.7 Å². The van der Waals surface area contributed by atoms with Gasteiger partial charge in [-0.1, -0.05) is 40.2 Å². The summed E-state index contributed by atoms with van der Waals surface area (Å²) in [5, 5.41) is 25.3. The number of rotatable bonds is 9. The third-order valence-electron chi connectivity index (χ3n) is 5.13. The number of methoxy groups -OCH3 is 2. The van der Waals surface area contributed by atoms with Gasteiger partial charge in [-0.15, -0.1) is 26.3 Å². The maximum Gasteiger partial charge on any atom is 1.00 e. The number of halogens is 7. The van der Waals surface area contributed by atoms with E-state index in [0.717, 1.165) is 29.1 Å². The van der Waals surface area contributed by atoms with Gasteiger partial charge in [-0.3, -0.25) is 4.79 Å².